The van der Waals surface area contributed by atoms with Crippen molar-refractivity contribution in [2.45, 2.75) is 58.5 Å². The lowest BCUT2D eigenvalue weighted by Crippen LogP contribution is -2.35. The predicted octanol–water partition coefficient (Wildman–Crippen LogP) is 3.41. The number of carbonyl (C=O) groups is 1. The SMILES string of the molecule is CCc1cc(C)cc(CC)c1NC(=O)NS(=O)(=O)c1ccn(C(C)C)n1. The fourth-order valence-electron chi connectivity index (χ4n) is 2.73. The third kappa shape index (κ3) is 4.43. The van der Waals surface area contributed by atoms with Crippen molar-refractivity contribution < 1.29 is 13.2 Å². The van der Waals surface area contributed by atoms with Crippen LogP contribution < -0.4 is 10.0 Å². The number of rotatable bonds is 6. The fourth-order valence-corrected chi connectivity index (χ4v) is 3.57. The molecule has 2 aromatic rings. The van der Waals surface area contributed by atoms with Crippen molar-refractivity contribution in [2.75, 3.05) is 5.32 Å². The van der Waals surface area contributed by atoms with Gasteiger partial charge in [0.05, 0.1) is 0 Å². The van der Waals surface area contributed by atoms with E-state index in [2.05, 4.69) is 10.4 Å². The molecule has 0 fully saturated rings. The van der Waals surface area contributed by atoms with Gasteiger partial charge in [-0.2, -0.15) is 13.5 Å². The number of hydrogen-bond donors (Lipinski definition) is 2. The van der Waals surface area contributed by atoms with Gasteiger partial charge in [0.1, 0.15) is 0 Å². The number of hydrogen-bond acceptors (Lipinski definition) is 4. The highest BCUT2D eigenvalue weighted by Crippen LogP contribution is 2.24. The molecular formula is C18H26N4O3S. The highest BCUT2D eigenvalue weighted by Gasteiger charge is 2.22. The lowest BCUT2D eigenvalue weighted by atomic mass is 10.00. The Kier molecular flexibility index (Phi) is 6.07. The first-order valence-electron chi connectivity index (χ1n) is 8.69. The van der Waals surface area contributed by atoms with Crippen molar-refractivity contribution in [3.63, 3.8) is 0 Å². The van der Waals surface area contributed by atoms with E-state index in [0.717, 1.165) is 29.5 Å². The number of amides is 2. The van der Waals surface area contributed by atoms with E-state index in [1.165, 1.54) is 10.7 Å². The van der Waals surface area contributed by atoms with Crippen molar-refractivity contribution in [3.05, 3.63) is 41.1 Å². The van der Waals surface area contributed by atoms with Crippen LogP contribution in [0.15, 0.2) is 29.4 Å². The molecule has 7 nitrogen and oxygen atoms in total. The summed E-state index contributed by atoms with van der Waals surface area (Å²) in [5.41, 5.74) is 3.72. The van der Waals surface area contributed by atoms with Gasteiger partial charge >= 0.3 is 6.03 Å². The van der Waals surface area contributed by atoms with Gasteiger partial charge in [-0.25, -0.2) is 9.52 Å². The van der Waals surface area contributed by atoms with Crippen LogP contribution in [0.25, 0.3) is 0 Å². The van der Waals surface area contributed by atoms with Crippen LogP contribution in [0.4, 0.5) is 10.5 Å². The van der Waals surface area contributed by atoms with Crippen molar-refractivity contribution in [2.24, 2.45) is 0 Å². The maximum absolute atomic E-state index is 12.4. The topological polar surface area (TPSA) is 93.1 Å². The van der Waals surface area contributed by atoms with E-state index in [9.17, 15) is 13.2 Å². The number of anilines is 1. The second kappa shape index (κ2) is 7.90. The van der Waals surface area contributed by atoms with Gasteiger partial charge < -0.3 is 5.32 Å². The first-order valence-corrected chi connectivity index (χ1v) is 10.2. The fraction of sp³-hybridized carbons (Fsp3) is 0.444. The van der Waals surface area contributed by atoms with Gasteiger partial charge in [-0.3, -0.25) is 4.68 Å². The zero-order valence-electron chi connectivity index (χ0n) is 15.8. The molecule has 142 valence electrons. The van der Waals surface area contributed by atoms with Gasteiger partial charge in [-0.1, -0.05) is 31.5 Å². The molecule has 0 atom stereocenters. The quantitative estimate of drug-likeness (QED) is 0.805. The standard InChI is InChI=1S/C18H26N4O3S/c1-6-14-10-13(5)11-15(7-2)17(14)19-18(23)21-26(24,25)16-8-9-22(20-16)12(3)4/h8-12H,6-7H2,1-5H3,(H2,19,21,23). The van der Waals surface area contributed by atoms with Crippen LogP contribution in [0.2, 0.25) is 0 Å². The Bertz CT molecular complexity index is 876. The summed E-state index contributed by atoms with van der Waals surface area (Å²) in [6.45, 7) is 9.76. The minimum Gasteiger partial charge on any atom is -0.307 e. The first-order chi connectivity index (χ1) is 12.2. The minimum absolute atomic E-state index is 0.0274. The molecule has 0 radical (unpaired) electrons. The Hall–Kier alpha value is -2.35. The number of sulfonamides is 1. The normalized spacial score (nSPS) is 11.6. The summed E-state index contributed by atoms with van der Waals surface area (Å²) in [7, 11) is -4.03. The molecule has 1 heterocycles. The van der Waals surface area contributed by atoms with Crippen molar-refractivity contribution in [3.8, 4) is 0 Å². The Morgan fingerprint density at radius 1 is 1.19 bits per heavy atom. The molecule has 0 aliphatic carbocycles. The summed E-state index contributed by atoms with van der Waals surface area (Å²) in [6.07, 6.45) is 3.03. The van der Waals surface area contributed by atoms with Gasteiger partial charge in [0.2, 0.25) is 0 Å². The smallest absolute Gasteiger partial charge is 0.307 e. The van der Waals surface area contributed by atoms with Crippen LogP contribution in [0, 0.1) is 6.92 Å². The Labute approximate surface area is 154 Å². The second-order valence-electron chi connectivity index (χ2n) is 6.45. The molecule has 0 spiro atoms. The Balaban J connectivity index is 2.23. The van der Waals surface area contributed by atoms with Crippen LogP contribution in [0.3, 0.4) is 0 Å². The summed E-state index contributed by atoms with van der Waals surface area (Å²) < 4.78 is 28.3. The zero-order chi connectivity index (χ0) is 19.5. The van der Waals surface area contributed by atoms with Gasteiger partial charge in [-0.15, -0.1) is 0 Å². The second-order valence-corrected chi connectivity index (χ2v) is 8.08. The van der Waals surface area contributed by atoms with E-state index >= 15 is 0 Å². The molecule has 0 saturated heterocycles. The number of urea groups is 1. The average Bonchev–Trinajstić information content (AvgIpc) is 3.06. The van der Waals surface area contributed by atoms with Crippen LogP contribution in [-0.2, 0) is 22.9 Å². The number of nitrogens with one attached hydrogen (secondary N) is 2. The average molecular weight is 378 g/mol. The summed E-state index contributed by atoms with van der Waals surface area (Å²) >= 11 is 0. The van der Waals surface area contributed by atoms with E-state index in [1.54, 1.807) is 6.20 Å². The minimum atomic E-state index is -4.03. The largest absolute Gasteiger partial charge is 0.333 e. The summed E-state index contributed by atoms with van der Waals surface area (Å²) in [5, 5.41) is 6.52. The zero-order valence-corrected chi connectivity index (χ0v) is 16.6. The molecule has 1 aromatic heterocycles. The molecule has 2 rings (SSSR count). The number of aryl methyl sites for hydroxylation is 3. The molecule has 0 bridgehead atoms. The van der Waals surface area contributed by atoms with Crippen molar-refractivity contribution >= 4 is 21.7 Å². The van der Waals surface area contributed by atoms with Crippen LogP contribution in [-0.4, -0.2) is 24.2 Å². The molecule has 0 saturated carbocycles. The third-order valence-electron chi connectivity index (χ3n) is 4.06. The predicted molar refractivity (Wildman–Crippen MR) is 102 cm³/mol. The lowest BCUT2D eigenvalue weighted by molar-refractivity contribution is 0.256. The third-order valence-corrected chi connectivity index (χ3v) is 5.28. The van der Waals surface area contributed by atoms with E-state index in [0.29, 0.717) is 5.69 Å². The highest BCUT2D eigenvalue weighted by atomic mass is 32.2. The van der Waals surface area contributed by atoms with Gasteiger partial charge in [0.25, 0.3) is 10.0 Å². The molecule has 0 aliphatic heterocycles. The van der Waals surface area contributed by atoms with E-state index in [-0.39, 0.29) is 11.1 Å². The molecule has 2 amide bonds. The van der Waals surface area contributed by atoms with Gasteiger partial charge in [-0.05, 0) is 50.8 Å². The van der Waals surface area contributed by atoms with E-state index in [4.69, 9.17) is 0 Å². The Morgan fingerprint density at radius 3 is 2.23 bits per heavy atom. The number of carbonyl (C=O) groups excluding carboxylic acids is 1. The summed E-state index contributed by atoms with van der Waals surface area (Å²) in [6, 6.07) is 4.59. The number of nitrogens with zero attached hydrogens (tertiary/aromatic N) is 2. The van der Waals surface area contributed by atoms with Gasteiger partial charge in [0.15, 0.2) is 5.03 Å². The number of benzene rings is 1. The molecule has 26 heavy (non-hydrogen) atoms. The van der Waals surface area contributed by atoms with Crippen molar-refractivity contribution in [1.29, 1.82) is 0 Å². The molecule has 0 unspecified atom stereocenters. The summed E-state index contributed by atoms with van der Waals surface area (Å²) in [4.78, 5) is 12.3. The lowest BCUT2D eigenvalue weighted by Gasteiger charge is -2.16. The molecule has 0 aliphatic rings. The maximum Gasteiger partial charge on any atom is 0.333 e. The molecule has 2 N–H and O–H groups in total. The number of aromatic nitrogens is 2. The monoisotopic (exact) mass is 378 g/mol. The Morgan fingerprint density at radius 2 is 1.77 bits per heavy atom. The van der Waals surface area contributed by atoms with E-state index in [1.807, 2.05) is 51.5 Å². The maximum atomic E-state index is 12.4. The van der Waals surface area contributed by atoms with Crippen LogP contribution >= 0.6 is 0 Å². The molecular weight excluding hydrogens is 352 g/mol. The summed E-state index contributed by atoms with van der Waals surface area (Å²) in [5.74, 6) is 0. The van der Waals surface area contributed by atoms with Crippen molar-refractivity contribution in [1.82, 2.24) is 14.5 Å². The van der Waals surface area contributed by atoms with Crippen LogP contribution in [0.5, 0.6) is 0 Å². The molecule has 8 heteroatoms. The van der Waals surface area contributed by atoms with Crippen LogP contribution in [0.1, 0.15) is 50.4 Å². The first kappa shape index (κ1) is 20.0. The van der Waals surface area contributed by atoms with Gasteiger partial charge in [0, 0.05) is 17.9 Å². The highest BCUT2D eigenvalue weighted by molar-refractivity contribution is 7.90. The molecule has 1 aromatic carbocycles. The van der Waals surface area contributed by atoms with E-state index < -0.39 is 16.1 Å².